The summed E-state index contributed by atoms with van der Waals surface area (Å²) in [7, 11) is 0. The highest BCUT2D eigenvalue weighted by Crippen LogP contribution is 2.28. The summed E-state index contributed by atoms with van der Waals surface area (Å²) in [5.41, 5.74) is 1.88. The quantitative estimate of drug-likeness (QED) is 0.936. The molecule has 1 aliphatic heterocycles. The lowest BCUT2D eigenvalue weighted by atomic mass is 9.89. The summed E-state index contributed by atoms with van der Waals surface area (Å²) < 4.78 is 1.71. The average molecular weight is 327 g/mol. The van der Waals surface area contributed by atoms with E-state index in [9.17, 15) is 9.59 Å². The number of rotatable bonds is 4. The molecule has 1 aromatic carbocycles. The van der Waals surface area contributed by atoms with Crippen LogP contribution in [0.3, 0.4) is 0 Å². The maximum Gasteiger partial charge on any atom is 0.335 e. The molecule has 24 heavy (non-hydrogen) atoms. The largest absolute Gasteiger partial charge is 0.478 e. The number of hydrogen-bond donors (Lipinski definition) is 1. The van der Waals surface area contributed by atoms with Gasteiger partial charge in [0.05, 0.1) is 5.56 Å². The molecule has 1 saturated heterocycles. The van der Waals surface area contributed by atoms with Crippen molar-refractivity contribution in [1.82, 2.24) is 14.7 Å². The smallest absolute Gasteiger partial charge is 0.335 e. The monoisotopic (exact) mass is 327 g/mol. The van der Waals surface area contributed by atoms with Gasteiger partial charge in [0, 0.05) is 31.7 Å². The number of nitrogens with zero attached hydrogens (tertiary/aromatic N) is 3. The fraction of sp³-hybridized carbons (Fsp3) is 0.389. The number of carboxylic acids is 1. The number of aromatic nitrogens is 2. The molecule has 0 radical (unpaired) electrons. The van der Waals surface area contributed by atoms with Crippen LogP contribution in [0.1, 0.15) is 52.1 Å². The van der Waals surface area contributed by atoms with Gasteiger partial charge < -0.3 is 10.0 Å². The van der Waals surface area contributed by atoms with Gasteiger partial charge in [0.15, 0.2) is 0 Å². The number of carboxylic acid groups (broad SMARTS) is 1. The van der Waals surface area contributed by atoms with Crippen LogP contribution in [0.4, 0.5) is 0 Å². The van der Waals surface area contributed by atoms with Crippen molar-refractivity contribution in [2.24, 2.45) is 0 Å². The first-order valence-electron chi connectivity index (χ1n) is 8.24. The highest BCUT2D eigenvalue weighted by molar-refractivity contribution is 5.92. The Morgan fingerprint density at radius 1 is 1.33 bits per heavy atom. The second-order valence-electron chi connectivity index (χ2n) is 6.05. The first-order valence-corrected chi connectivity index (χ1v) is 8.24. The van der Waals surface area contributed by atoms with E-state index in [1.54, 1.807) is 35.1 Å². The number of aromatic carboxylic acids is 1. The zero-order chi connectivity index (χ0) is 17.1. The van der Waals surface area contributed by atoms with Crippen LogP contribution in [0.5, 0.6) is 0 Å². The number of likely N-dealkylation sites (tertiary alicyclic amines) is 1. The fourth-order valence-corrected chi connectivity index (χ4v) is 3.29. The van der Waals surface area contributed by atoms with Crippen LogP contribution >= 0.6 is 0 Å². The van der Waals surface area contributed by atoms with Crippen molar-refractivity contribution in [3.63, 3.8) is 0 Å². The van der Waals surface area contributed by atoms with E-state index in [0.29, 0.717) is 24.3 Å². The number of piperidine rings is 1. The molecule has 3 rings (SSSR count). The summed E-state index contributed by atoms with van der Waals surface area (Å²) in [4.78, 5) is 25.8. The molecule has 0 spiro atoms. The van der Waals surface area contributed by atoms with Gasteiger partial charge in [0.1, 0.15) is 5.69 Å². The minimum absolute atomic E-state index is 0.00607. The predicted octanol–water partition coefficient (Wildman–Crippen LogP) is 2.62. The van der Waals surface area contributed by atoms with Crippen molar-refractivity contribution in [3.8, 4) is 0 Å². The van der Waals surface area contributed by atoms with E-state index in [1.807, 2.05) is 17.9 Å². The lowest BCUT2D eigenvalue weighted by Crippen LogP contribution is -2.40. The Morgan fingerprint density at radius 3 is 2.92 bits per heavy atom. The Balaban J connectivity index is 1.78. The zero-order valence-electron chi connectivity index (χ0n) is 13.7. The minimum Gasteiger partial charge on any atom is -0.478 e. The summed E-state index contributed by atoms with van der Waals surface area (Å²) in [6.45, 7) is 3.95. The molecule has 1 unspecified atom stereocenters. The Bertz CT molecular complexity index is 753. The normalized spacial score (nSPS) is 17.7. The lowest BCUT2D eigenvalue weighted by Gasteiger charge is -2.33. The summed E-state index contributed by atoms with van der Waals surface area (Å²) >= 11 is 0. The maximum atomic E-state index is 12.8. The van der Waals surface area contributed by atoms with Crippen LogP contribution in [0.15, 0.2) is 36.5 Å². The summed E-state index contributed by atoms with van der Waals surface area (Å²) in [5.74, 6) is -0.763. The number of carbonyl (C=O) groups excluding carboxylic acids is 1. The van der Waals surface area contributed by atoms with Crippen molar-refractivity contribution < 1.29 is 14.7 Å². The third kappa shape index (κ3) is 3.18. The number of aryl methyl sites for hydroxylation is 1. The predicted molar refractivity (Wildman–Crippen MR) is 89.2 cm³/mol. The van der Waals surface area contributed by atoms with Crippen molar-refractivity contribution >= 4 is 11.9 Å². The maximum absolute atomic E-state index is 12.8. The molecule has 6 heteroatoms. The van der Waals surface area contributed by atoms with Crippen LogP contribution in [0, 0.1) is 0 Å². The second kappa shape index (κ2) is 6.86. The van der Waals surface area contributed by atoms with Crippen LogP contribution in [0.2, 0.25) is 0 Å². The van der Waals surface area contributed by atoms with Crippen molar-refractivity contribution in [1.29, 1.82) is 0 Å². The molecule has 2 heterocycles. The van der Waals surface area contributed by atoms with E-state index < -0.39 is 5.97 Å². The molecule has 2 aromatic rings. The minimum atomic E-state index is -0.924. The van der Waals surface area contributed by atoms with Gasteiger partial charge >= 0.3 is 5.97 Å². The van der Waals surface area contributed by atoms with Crippen LogP contribution in [-0.2, 0) is 6.54 Å². The Kier molecular flexibility index (Phi) is 4.64. The highest BCUT2D eigenvalue weighted by Gasteiger charge is 2.27. The van der Waals surface area contributed by atoms with E-state index in [4.69, 9.17) is 5.11 Å². The van der Waals surface area contributed by atoms with Gasteiger partial charge in [-0.2, -0.15) is 5.10 Å². The van der Waals surface area contributed by atoms with Crippen molar-refractivity contribution in [2.75, 3.05) is 13.1 Å². The number of hydrogen-bond acceptors (Lipinski definition) is 3. The summed E-state index contributed by atoms with van der Waals surface area (Å²) in [5, 5.41) is 13.3. The lowest BCUT2D eigenvalue weighted by molar-refractivity contribution is 0.0682. The van der Waals surface area contributed by atoms with Crippen molar-refractivity contribution in [2.45, 2.75) is 32.2 Å². The topological polar surface area (TPSA) is 75.4 Å². The molecule has 0 aliphatic carbocycles. The van der Waals surface area contributed by atoms with Gasteiger partial charge in [-0.15, -0.1) is 0 Å². The number of carbonyl (C=O) groups is 2. The third-order valence-electron chi connectivity index (χ3n) is 4.55. The zero-order valence-corrected chi connectivity index (χ0v) is 13.7. The molecule has 1 fully saturated rings. The first kappa shape index (κ1) is 16.2. The van der Waals surface area contributed by atoms with Gasteiger partial charge in [-0.1, -0.05) is 12.1 Å². The molecule has 1 N–H and O–H groups in total. The standard InChI is InChI=1S/C18H21N3O3/c1-2-21-16(8-9-19-21)17(22)20-10-4-7-15(12-20)13-5-3-6-14(11-13)18(23)24/h3,5-6,8-9,11,15H,2,4,7,10,12H2,1H3,(H,23,24). The van der Waals surface area contributed by atoms with E-state index in [-0.39, 0.29) is 11.8 Å². The molecule has 126 valence electrons. The van der Waals surface area contributed by atoms with Crippen molar-refractivity contribution in [3.05, 3.63) is 53.3 Å². The molecule has 6 nitrogen and oxygen atoms in total. The van der Waals surface area contributed by atoms with Gasteiger partial charge in [-0.05, 0) is 43.5 Å². The van der Waals surface area contributed by atoms with E-state index >= 15 is 0 Å². The highest BCUT2D eigenvalue weighted by atomic mass is 16.4. The summed E-state index contributed by atoms with van der Waals surface area (Å²) in [6.07, 6.45) is 3.52. The molecule has 1 amide bonds. The van der Waals surface area contributed by atoms with E-state index in [2.05, 4.69) is 5.10 Å². The molecule has 1 aliphatic rings. The fourth-order valence-electron chi connectivity index (χ4n) is 3.29. The molecule has 0 saturated carbocycles. The Morgan fingerprint density at radius 2 is 2.17 bits per heavy atom. The van der Waals surface area contributed by atoms with Crippen LogP contribution in [-0.4, -0.2) is 44.8 Å². The first-order chi connectivity index (χ1) is 11.6. The molecular formula is C18H21N3O3. The van der Waals surface area contributed by atoms with Gasteiger partial charge in [-0.25, -0.2) is 4.79 Å². The van der Waals surface area contributed by atoms with E-state index in [0.717, 1.165) is 24.9 Å². The average Bonchev–Trinajstić information content (AvgIpc) is 3.10. The van der Waals surface area contributed by atoms with E-state index in [1.165, 1.54) is 0 Å². The molecule has 1 atom stereocenters. The number of benzene rings is 1. The molecular weight excluding hydrogens is 306 g/mol. The summed E-state index contributed by atoms with van der Waals surface area (Å²) in [6, 6.07) is 8.78. The van der Waals surface area contributed by atoms with Crippen LogP contribution < -0.4 is 0 Å². The van der Waals surface area contributed by atoms with Gasteiger partial charge in [0.25, 0.3) is 5.91 Å². The molecule has 0 bridgehead atoms. The van der Waals surface area contributed by atoms with Gasteiger partial charge in [0.2, 0.25) is 0 Å². The van der Waals surface area contributed by atoms with Gasteiger partial charge in [-0.3, -0.25) is 9.48 Å². The second-order valence-corrected chi connectivity index (χ2v) is 6.05. The SMILES string of the molecule is CCn1nccc1C(=O)N1CCCC(c2cccc(C(=O)O)c2)C1. The third-order valence-corrected chi connectivity index (χ3v) is 4.55. The molecule has 1 aromatic heterocycles. The van der Waals surface area contributed by atoms with Crippen LogP contribution in [0.25, 0.3) is 0 Å². The Hall–Kier alpha value is -2.63. The number of amides is 1. The Labute approximate surface area is 140 Å².